The first-order valence-corrected chi connectivity index (χ1v) is 8.63. The van der Waals surface area contributed by atoms with E-state index in [1.165, 1.54) is 14.7 Å². The van der Waals surface area contributed by atoms with Gasteiger partial charge in [0.2, 0.25) is 0 Å². The summed E-state index contributed by atoms with van der Waals surface area (Å²) < 4.78 is 0. The zero-order valence-corrected chi connectivity index (χ0v) is 13.3. The third kappa shape index (κ3) is 2.47. The van der Waals surface area contributed by atoms with Crippen LogP contribution in [-0.2, 0) is 0 Å². The molecule has 0 unspecified atom stereocenters. The van der Waals surface area contributed by atoms with Crippen molar-refractivity contribution in [3.63, 3.8) is 0 Å². The van der Waals surface area contributed by atoms with Crippen molar-refractivity contribution in [1.82, 2.24) is 0 Å². The van der Waals surface area contributed by atoms with Gasteiger partial charge in [-0.15, -0.1) is 0 Å². The minimum atomic E-state index is 0.0767. The maximum absolute atomic E-state index is 12.6. The Hall–Kier alpha value is -1.97. The molecule has 1 nitrogen and oxygen atoms in total. The molecule has 0 bridgehead atoms. The lowest BCUT2D eigenvalue weighted by atomic mass is 10.0. The fourth-order valence-electron chi connectivity index (χ4n) is 2.43. The minimum Gasteiger partial charge on any atom is -0.289 e. The smallest absolute Gasteiger partial charge is 0.193 e. The number of benzene rings is 3. The molecule has 0 N–H and O–H groups in total. The van der Waals surface area contributed by atoms with Crippen molar-refractivity contribution in [3.05, 3.63) is 83.9 Å². The summed E-state index contributed by atoms with van der Waals surface area (Å²) in [4.78, 5) is 17.5. The van der Waals surface area contributed by atoms with Crippen LogP contribution < -0.4 is 0 Å². The fourth-order valence-corrected chi connectivity index (χ4v) is 4.68. The summed E-state index contributed by atoms with van der Waals surface area (Å²) in [7, 11) is 0. The highest BCUT2D eigenvalue weighted by Gasteiger charge is 2.18. The van der Waals surface area contributed by atoms with E-state index in [-0.39, 0.29) is 5.78 Å². The van der Waals surface area contributed by atoms with E-state index in [9.17, 15) is 4.79 Å². The van der Waals surface area contributed by atoms with Gasteiger partial charge in [0, 0.05) is 30.7 Å². The van der Waals surface area contributed by atoms with Crippen LogP contribution in [0.1, 0.15) is 15.9 Å². The molecule has 1 heterocycles. The first-order chi connectivity index (χ1) is 10.8. The van der Waals surface area contributed by atoms with Crippen LogP contribution in [0.25, 0.3) is 0 Å². The molecule has 0 amide bonds. The van der Waals surface area contributed by atoms with Crippen LogP contribution >= 0.6 is 23.5 Å². The molecule has 0 saturated carbocycles. The van der Waals surface area contributed by atoms with Crippen molar-refractivity contribution in [2.75, 3.05) is 0 Å². The predicted octanol–water partition coefficient (Wildman–Crippen LogP) is 5.53. The summed E-state index contributed by atoms with van der Waals surface area (Å²) in [5.41, 5.74) is 1.48. The average molecular weight is 320 g/mol. The van der Waals surface area contributed by atoms with Crippen LogP contribution in [0, 0.1) is 0 Å². The van der Waals surface area contributed by atoms with E-state index in [0.29, 0.717) is 0 Å². The molecule has 1 aliphatic rings. The molecular weight excluding hydrogens is 308 g/mol. The Labute approximate surface area is 137 Å². The molecule has 0 aliphatic carbocycles. The molecule has 0 radical (unpaired) electrons. The van der Waals surface area contributed by atoms with Gasteiger partial charge in [-0.25, -0.2) is 0 Å². The topological polar surface area (TPSA) is 17.1 Å². The maximum Gasteiger partial charge on any atom is 0.193 e. The van der Waals surface area contributed by atoms with Crippen molar-refractivity contribution in [2.45, 2.75) is 19.6 Å². The molecule has 3 aromatic carbocycles. The number of hydrogen-bond donors (Lipinski definition) is 0. The second kappa shape index (κ2) is 5.67. The highest BCUT2D eigenvalue weighted by atomic mass is 32.2. The number of hydrogen-bond acceptors (Lipinski definition) is 3. The van der Waals surface area contributed by atoms with E-state index < -0.39 is 0 Å². The quantitative estimate of drug-likeness (QED) is 0.452. The second-order valence-corrected chi connectivity index (χ2v) is 7.18. The van der Waals surface area contributed by atoms with Gasteiger partial charge >= 0.3 is 0 Å². The molecular formula is C19H12OS2. The summed E-state index contributed by atoms with van der Waals surface area (Å²) in [5, 5.41) is 0. The lowest BCUT2D eigenvalue weighted by Gasteiger charge is -2.18. The van der Waals surface area contributed by atoms with Crippen molar-refractivity contribution in [1.29, 1.82) is 0 Å². The Morgan fingerprint density at radius 1 is 0.591 bits per heavy atom. The zero-order chi connectivity index (χ0) is 14.9. The largest absolute Gasteiger partial charge is 0.289 e. The normalized spacial score (nSPS) is 12.4. The van der Waals surface area contributed by atoms with Gasteiger partial charge < -0.3 is 0 Å². The highest BCUT2D eigenvalue weighted by Crippen LogP contribution is 2.48. The molecule has 0 atom stereocenters. The van der Waals surface area contributed by atoms with E-state index in [1.807, 2.05) is 42.5 Å². The van der Waals surface area contributed by atoms with E-state index >= 15 is 0 Å². The molecule has 4 rings (SSSR count). The summed E-state index contributed by atoms with van der Waals surface area (Å²) in [6, 6.07) is 23.8. The minimum absolute atomic E-state index is 0.0767. The zero-order valence-electron chi connectivity index (χ0n) is 11.7. The second-order valence-electron chi connectivity index (χ2n) is 5.01. The third-order valence-corrected chi connectivity index (χ3v) is 6.07. The molecule has 0 fully saturated rings. The Morgan fingerprint density at radius 3 is 1.91 bits per heavy atom. The van der Waals surface area contributed by atoms with Gasteiger partial charge in [-0.1, -0.05) is 66.0 Å². The molecule has 22 heavy (non-hydrogen) atoms. The summed E-state index contributed by atoms with van der Waals surface area (Å²) in [6.07, 6.45) is 0. The summed E-state index contributed by atoms with van der Waals surface area (Å²) in [5.74, 6) is 0.0767. The van der Waals surface area contributed by atoms with Gasteiger partial charge in [0.25, 0.3) is 0 Å². The Kier molecular flexibility index (Phi) is 3.53. The first kappa shape index (κ1) is 13.7. The molecule has 3 aromatic rings. The standard InChI is InChI=1S/C19H12OS2/c20-19(13-6-2-1-3-7-13)14-10-11-17-18(12-14)22-16-9-5-4-8-15(16)21-17/h1-12H. The monoisotopic (exact) mass is 320 g/mol. The van der Waals surface area contributed by atoms with Gasteiger partial charge in [0.15, 0.2) is 5.78 Å². The molecule has 1 aliphatic heterocycles. The lowest BCUT2D eigenvalue weighted by Crippen LogP contribution is -2.02. The van der Waals surface area contributed by atoms with Crippen molar-refractivity contribution < 1.29 is 4.79 Å². The molecule has 0 aromatic heterocycles. The van der Waals surface area contributed by atoms with E-state index in [4.69, 9.17) is 0 Å². The van der Waals surface area contributed by atoms with Crippen LogP contribution in [0.3, 0.4) is 0 Å². The molecule has 0 spiro atoms. The number of carbonyl (C=O) groups is 1. The van der Waals surface area contributed by atoms with Crippen LogP contribution in [-0.4, -0.2) is 5.78 Å². The lowest BCUT2D eigenvalue weighted by molar-refractivity contribution is 0.103. The van der Waals surface area contributed by atoms with Crippen LogP contribution in [0.5, 0.6) is 0 Å². The van der Waals surface area contributed by atoms with Crippen molar-refractivity contribution >= 4 is 29.3 Å². The van der Waals surface area contributed by atoms with Crippen LogP contribution in [0.15, 0.2) is 92.4 Å². The number of carbonyl (C=O) groups excluding carboxylic acids is 1. The van der Waals surface area contributed by atoms with Gasteiger partial charge in [-0.3, -0.25) is 4.79 Å². The Morgan fingerprint density at radius 2 is 1.18 bits per heavy atom. The SMILES string of the molecule is O=C(c1ccccc1)c1ccc2c(c1)Sc1ccccc1S2. The molecule has 106 valence electrons. The van der Waals surface area contributed by atoms with E-state index in [0.717, 1.165) is 16.0 Å². The fraction of sp³-hybridized carbons (Fsp3) is 0. The van der Waals surface area contributed by atoms with Crippen molar-refractivity contribution in [3.8, 4) is 0 Å². The molecule has 3 heteroatoms. The van der Waals surface area contributed by atoms with Gasteiger partial charge in [0.05, 0.1) is 0 Å². The van der Waals surface area contributed by atoms with Crippen molar-refractivity contribution in [2.24, 2.45) is 0 Å². The maximum atomic E-state index is 12.6. The number of fused-ring (bicyclic) bond motifs is 2. The summed E-state index contributed by atoms with van der Waals surface area (Å²) >= 11 is 3.50. The highest BCUT2D eigenvalue weighted by molar-refractivity contribution is 8.05. The Bertz CT molecular complexity index is 856. The third-order valence-electron chi connectivity index (χ3n) is 3.53. The van der Waals surface area contributed by atoms with E-state index in [2.05, 4.69) is 30.3 Å². The predicted molar refractivity (Wildman–Crippen MR) is 91.0 cm³/mol. The average Bonchev–Trinajstić information content (AvgIpc) is 2.59. The van der Waals surface area contributed by atoms with Gasteiger partial charge in [0.1, 0.15) is 0 Å². The number of ketones is 1. The van der Waals surface area contributed by atoms with Crippen LogP contribution in [0.2, 0.25) is 0 Å². The molecule has 0 saturated heterocycles. The first-order valence-electron chi connectivity index (χ1n) is 7.00. The van der Waals surface area contributed by atoms with Gasteiger partial charge in [-0.2, -0.15) is 0 Å². The Balaban J connectivity index is 1.70. The van der Waals surface area contributed by atoms with Gasteiger partial charge in [-0.05, 0) is 30.3 Å². The van der Waals surface area contributed by atoms with Crippen LogP contribution in [0.4, 0.5) is 0 Å². The summed E-state index contributed by atoms with van der Waals surface area (Å²) in [6.45, 7) is 0. The van der Waals surface area contributed by atoms with E-state index in [1.54, 1.807) is 23.5 Å². The number of rotatable bonds is 2.